The summed E-state index contributed by atoms with van der Waals surface area (Å²) in [5.74, 6) is 2.61. The molecule has 4 aromatic carbocycles. The number of aromatic nitrogens is 2. The van der Waals surface area contributed by atoms with Crippen LogP contribution in [0.1, 0.15) is 27.9 Å². The predicted molar refractivity (Wildman–Crippen MR) is 212 cm³/mol. The Labute approximate surface area is 298 Å². The average molecular weight is 718 g/mol. The molecule has 6 bridgehead atoms. The number of amidine groups is 3. The maximum Gasteiger partial charge on any atom is 0.580 e. The number of nitrogens with zero attached hydrogens (tertiary/aromatic N) is 7. The fourth-order valence-electron chi connectivity index (χ4n) is 7.62. The lowest BCUT2D eigenvalue weighted by Crippen LogP contribution is -2.69. The summed E-state index contributed by atoms with van der Waals surface area (Å²) >= 11 is 0. The van der Waals surface area contributed by atoms with Gasteiger partial charge in [0.2, 0.25) is 0 Å². The van der Waals surface area contributed by atoms with Gasteiger partial charge < -0.3 is 8.23 Å². The monoisotopic (exact) mass is 717 g/mol. The van der Waals surface area contributed by atoms with Crippen molar-refractivity contribution in [1.82, 2.24) is 8.47 Å². The van der Waals surface area contributed by atoms with Crippen LogP contribution in [-0.2, 0) is 8.23 Å². The SMILES string of the molecule is C[Si](C)(C)O[Si]1(O[Si](C)(C)C)n2c3c4ccccc4c2/N=C2N=C(/N=c4/c5ccccc5/c(n41)=N/C1=NC(=C\3)/c3ccccc31)c1ccccc1\2. The lowest BCUT2D eigenvalue weighted by molar-refractivity contribution is 0.339. The van der Waals surface area contributed by atoms with Gasteiger partial charge in [0, 0.05) is 49.5 Å². The van der Waals surface area contributed by atoms with Gasteiger partial charge >= 0.3 is 8.88 Å². The Morgan fingerprint density at radius 1 is 0.471 bits per heavy atom. The standard InChI is InChI=1S/C39H35N7O2Si3/c1-49(2,3)47-51(48-50(4,5)6)45-33-23-32-24-15-7-9-17-26(24)34(40-32)42-38-30-21-13-14-22-31(30)39(46(38)51)44-36-28-19-11-10-18-27(28)35(41-36)43-37(45)29-20-12-8-16-25(29)33/h7-23H,1-6H3/b32-23-,33-23?,42-34?,42-38-,43-35-,43-37?,44-36?,44-39-. The lowest BCUT2D eigenvalue weighted by atomic mass is 10.1. The van der Waals surface area contributed by atoms with Crippen LogP contribution in [0, 0.1) is 0 Å². The average Bonchev–Trinajstić information content (AvgIpc) is 3.80. The number of benzene rings is 4. The molecular formula is C39H35N7O2Si3. The third kappa shape index (κ3) is 4.54. The van der Waals surface area contributed by atoms with Gasteiger partial charge in [-0.3, -0.25) is 8.47 Å². The highest BCUT2D eigenvalue weighted by molar-refractivity contribution is 6.87. The largest absolute Gasteiger partial charge is 0.580 e. The van der Waals surface area contributed by atoms with Crippen LogP contribution >= 0.6 is 0 Å². The van der Waals surface area contributed by atoms with Crippen LogP contribution in [0.15, 0.2) is 122 Å². The summed E-state index contributed by atoms with van der Waals surface area (Å²) in [6.07, 6.45) is 2.18. The minimum atomic E-state index is -3.97. The summed E-state index contributed by atoms with van der Waals surface area (Å²) in [5.41, 5.74) is 7.06. The Hall–Kier alpha value is -5.12. The van der Waals surface area contributed by atoms with Crippen molar-refractivity contribution >= 4 is 82.2 Å². The summed E-state index contributed by atoms with van der Waals surface area (Å²) in [6.45, 7) is 13.4. The van der Waals surface area contributed by atoms with Crippen LogP contribution < -0.4 is 11.0 Å². The van der Waals surface area contributed by atoms with Gasteiger partial charge in [0.1, 0.15) is 16.8 Å². The van der Waals surface area contributed by atoms with E-state index in [-0.39, 0.29) is 0 Å². The first kappa shape index (κ1) is 30.7. The van der Waals surface area contributed by atoms with Gasteiger partial charge in [-0.2, -0.15) is 0 Å². The zero-order valence-corrected chi connectivity index (χ0v) is 32.3. The van der Waals surface area contributed by atoms with Gasteiger partial charge in [0.05, 0.1) is 5.70 Å². The van der Waals surface area contributed by atoms with E-state index >= 15 is 0 Å². The number of hydrogen-bond acceptors (Lipinski definition) is 7. The van der Waals surface area contributed by atoms with Crippen molar-refractivity contribution in [2.75, 3.05) is 0 Å². The molecule has 0 atom stereocenters. The van der Waals surface area contributed by atoms with Gasteiger partial charge in [-0.25, -0.2) is 25.0 Å². The van der Waals surface area contributed by atoms with Gasteiger partial charge in [0.15, 0.2) is 34.1 Å². The van der Waals surface area contributed by atoms with E-state index in [1.54, 1.807) is 0 Å². The third-order valence-corrected chi connectivity index (χ3v) is 18.4. The predicted octanol–water partition coefficient (Wildman–Crippen LogP) is 7.49. The first-order valence-electron chi connectivity index (χ1n) is 17.3. The molecule has 6 aromatic rings. The van der Waals surface area contributed by atoms with E-state index in [0.29, 0.717) is 28.5 Å². The molecule has 0 amide bonds. The molecule has 0 unspecified atom stereocenters. The lowest BCUT2D eigenvalue weighted by Gasteiger charge is -2.41. The van der Waals surface area contributed by atoms with Crippen molar-refractivity contribution in [2.24, 2.45) is 25.0 Å². The highest BCUT2D eigenvalue weighted by atomic mass is 28.5. The second kappa shape index (κ2) is 10.5. The molecule has 6 heterocycles. The molecule has 2 aromatic heterocycles. The Morgan fingerprint density at radius 2 is 0.922 bits per heavy atom. The molecular weight excluding hydrogens is 683 g/mol. The third-order valence-electron chi connectivity index (χ3n) is 9.37. The molecule has 9 nitrogen and oxygen atoms in total. The zero-order chi connectivity index (χ0) is 34.9. The topological polar surface area (TPSA) is 90.1 Å². The van der Waals surface area contributed by atoms with Crippen molar-refractivity contribution in [1.29, 1.82) is 0 Å². The zero-order valence-electron chi connectivity index (χ0n) is 29.3. The summed E-state index contributed by atoms with van der Waals surface area (Å²) in [4.78, 5) is 27.0. The van der Waals surface area contributed by atoms with E-state index in [9.17, 15) is 0 Å². The van der Waals surface area contributed by atoms with Crippen molar-refractivity contribution < 1.29 is 8.23 Å². The number of hydrogen-bond donors (Lipinski definition) is 0. The fourth-order valence-corrected chi connectivity index (χ4v) is 18.0. The number of aliphatic imine (C=N–C) groups is 3. The smallest absolute Gasteiger partial charge is 0.404 e. The Balaban J connectivity index is 1.56. The molecule has 250 valence electrons. The summed E-state index contributed by atoms with van der Waals surface area (Å²) in [6, 6.07) is 33.4. The molecule has 0 fully saturated rings. The van der Waals surface area contributed by atoms with Crippen molar-refractivity contribution in [2.45, 2.75) is 39.3 Å². The second-order valence-corrected chi connectivity index (χ2v) is 27.3. The van der Waals surface area contributed by atoms with Gasteiger partial charge in [0.25, 0.3) is 0 Å². The molecule has 0 N–H and O–H groups in total. The molecule has 12 heteroatoms. The normalized spacial score (nSPS) is 20.1. The molecule has 4 aliphatic heterocycles. The van der Waals surface area contributed by atoms with Crippen molar-refractivity contribution in [3.05, 3.63) is 136 Å². The first-order valence-corrected chi connectivity index (χ1v) is 25.8. The summed E-state index contributed by atoms with van der Waals surface area (Å²) < 4.78 is 20.1. The molecule has 4 aliphatic rings. The van der Waals surface area contributed by atoms with Crippen molar-refractivity contribution in [3.63, 3.8) is 0 Å². The van der Waals surface area contributed by atoms with E-state index in [0.717, 1.165) is 61.0 Å². The van der Waals surface area contributed by atoms with Gasteiger partial charge in [-0.15, -0.1) is 0 Å². The van der Waals surface area contributed by atoms with E-state index < -0.39 is 25.5 Å². The van der Waals surface area contributed by atoms with E-state index in [4.69, 9.17) is 33.2 Å². The van der Waals surface area contributed by atoms with Crippen LogP contribution in [0.2, 0.25) is 39.3 Å². The molecule has 0 radical (unpaired) electrons. The number of rotatable bonds is 4. The van der Waals surface area contributed by atoms with Crippen LogP contribution in [0.5, 0.6) is 0 Å². The molecule has 0 saturated heterocycles. The van der Waals surface area contributed by atoms with Crippen molar-refractivity contribution in [3.8, 4) is 0 Å². The molecule has 0 saturated carbocycles. The fraction of sp³-hybridized carbons (Fsp3) is 0.154. The first-order chi connectivity index (χ1) is 24.5. The van der Waals surface area contributed by atoms with Gasteiger partial charge in [-0.1, -0.05) is 97.1 Å². The molecule has 51 heavy (non-hydrogen) atoms. The Kier molecular flexibility index (Phi) is 6.30. The Morgan fingerprint density at radius 3 is 1.49 bits per heavy atom. The maximum absolute atomic E-state index is 7.79. The van der Waals surface area contributed by atoms with Crippen LogP contribution in [0.3, 0.4) is 0 Å². The summed E-state index contributed by atoms with van der Waals surface area (Å²) in [5, 5.41) is 3.90. The minimum absolute atomic E-state index is 0.603. The maximum atomic E-state index is 7.79. The molecule has 0 spiro atoms. The van der Waals surface area contributed by atoms with E-state index in [1.807, 2.05) is 18.2 Å². The van der Waals surface area contributed by atoms with Crippen LogP contribution in [0.25, 0.3) is 33.3 Å². The van der Waals surface area contributed by atoms with E-state index in [2.05, 4.69) is 133 Å². The molecule has 0 aliphatic carbocycles. The highest BCUT2D eigenvalue weighted by Crippen LogP contribution is 2.42. The van der Waals surface area contributed by atoms with Crippen LogP contribution in [0.4, 0.5) is 5.82 Å². The second-order valence-electron chi connectivity index (χ2n) is 15.2. The van der Waals surface area contributed by atoms with Crippen LogP contribution in [-0.4, -0.2) is 51.5 Å². The Bertz CT molecular complexity index is 2610. The number of fused-ring (bicyclic) bond motifs is 14. The van der Waals surface area contributed by atoms with Gasteiger partial charge in [-0.05, 0) is 45.4 Å². The quantitative estimate of drug-likeness (QED) is 0.177. The van der Waals surface area contributed by atoms with E-state index in [1.165, 1.54) is 0 Å². The minimum Gasteiger partial charge on any atom is -0.404 e. The summed E-state index contributed by atoms with van der Waals surface area (Å²) in [7, 11) is -8.86. The highest BCUT2D eigenvalue weighted by Gasteiger charge is 2.56. The molecule has 10 rings (SSSR count).